The SMILES string of the molecule is C=CCn1c(SC(C)C(=O)N2CCCC(C(N)=O)C2)nc2ccccc21. The van der Waals surface area contributed by atoms with E-state index in [0.29, 0.717) is 19.6 Å². The van der Waals surface area contributed by atoms with Gasteiger partial charge < -0.3 is 15.2 Å². The first-order valence-electron chi connectivity index (χ1n) is 8.82. The molecule has 1 fully saturated rings. The highest BCUT2D eigenvalue weighted by atomic mass is 32.2. The van der Waals surface area contributed by atoms with E-state index in [2.05, 4.69) is 16.1 Å². The third-order valence-electron chi connectivity index (χ3n) is 4.70. The number of hydrogen-bond acceptors (Lipinski definition) is 4. The van der Waals surface area contributed by atoms with Crippen molar-refractivity contribution < 1.29 is 9.59 Å². The maximum Gasteiger partial charge on any atom is 0.235 e. The van der Waals surface area contributed by atoms with Gasteiger partial charge in [-0.25, -0.2) is 4.98 Å². The standard InChI is InChI=1S/C19H24N4O2S/c1-3-10-23-16-9-5-4-8-15(16)21-19(23)26-13(2)18(25)22-11-6-7-14(12-22)17(20)24/h3-5,8-9,13-14H,1,6-7,10-12H2,2H3,(H2,20,24). The molecule has 2 atom stereocenters. The predicted molar refractivity (Wildman–Crippen MR) is 104 cm³/mol. The van der Waals surface area contributed by atoms with Crippen LogP contribution in [-0.4, -0.2) is 44.6 Å². The lowest BCUT2D eigenvalue weighted by atomic mass is 9.97. The minimum atomic E-state index is -0.324. The Bertz CT molecular complexity index is 832. The Morgan fingerprint density at radius 3 is 2.96 bits per heavy atom. The summed E-state index contributed by atoms with van der Waals surface area (Å²) in [4.78, 5) is 30.7. The molecule has 2 amide bonds. The number of primary amides is 1. The van der Waals surface area contributed by atoms with E-state index >= 15 is 0 Å². The molecule has 138 valence electrons. The molecule has 0 radical (unpaired) electrons. The molecule has 7 heteroatoms. The second-order valence-electron chi connectivity index (χ2n) is 6.57. The van der Waals surface area contributed by atoms with Crippen LogP contribution in [0.2, 0.25) is 0 Å². The largest absolute Gasteiger partial charge is 0.369 e. The number of rotatable bonds is 6. The molecule has 2 N–H and O–H groups in total. The number of hydrogen-bond donors (Lipinski definition) is 1. The van der Waals surface area contributed by atoms with E-state index in [1.54, 1.807) is 4.90 Å². The van der Waals surface area contributed by atoms with E-state index in [1.165, 1.54) is 11.8 Å². The van der Waals surface area contributed by atoms with Gasteiger partial charge in [0.25, 0.3) is 0 Å². The molecule has 1 aromatic carbocycles. The van der Waals surface area contributed by atoms with Gasteiger partial charge in [0.05, 0.1) is 22.2 Å². The van der Waals surface area contributed by atoms with E-state index in [-0.39, 0.29) is 23.0 Å². The molecule has 0 spiro atoms. The molecule has 0 aliphatic carbocycles. The van der Waals surface area contributed by atoms with Gasteiger partial charge in [-0.3, -0.25) is 9.59 Å². The van der Waals surface area contributed by atoms with Crippen LogP contribution in [0, 0.1) is 5.92 Å². The average Bonchev–Trinajstić information content (AvgIpc) is 2.99. The van der Waals surface area contributed by atoms with Crippen LogP contribution in [0.15, 0.2) is 42.1 Å². The molecule has 2 aromatic rings. The molecule has 1 aliphatic heterocycles. The molecule has 3 rings (SSSR count). The summed E-state index contributed by atoms with van der Waals surface area (Å²) in [5.74, 6) is -0.538. The summed E-state index contributed by atoms with van der Waals surface area (Å²) in [7, 11) is 0. The first-order chi connectivity index (χ1) is 12.5. The van der Waals surface area contributed by atoms with Gasteiger partial charge in [-0.05, 0) is 31.9 Å². The lowest BCUT2D eigenvalue weighted by Crippen LogP contribution is -2.46. The van der Waals surface area contributed by atoms with Gasteiger partial charge in [0, 0.05) is 19.6 Å². The average molecular weight is 372 g/mol. The fraction of sp³-hybridized carbons (Fsp3) is 0.421. The number of fused-ring (bicyclic) bond motifs is 1. The van der Waals surface area contributed by atoms with E-state index in [9.17, 15) is 9.59 Å². The third-order valence-corrected chi connectivity index (χ3v) is 5.77. The fourth-order valence-corrected chi connectivity index (χ4v) is 4.34. The van der Waals surface area contributed by atoms with Crippen LogP contribution >= 0.6 is 11.8 Å². The number of carbonyl (C=O) groups is 2. The van der Waals surface area contributed by atoms with E-state index in [1.807, 2.05) is 37.3 Å². The Labute approximate surface area is 157 Å². The number of likely N-dealkylation sites (tertiary alicyclic amines) is 1. The van der Waals surface area contributed by atoms with Gasteiger partial charge in [0.15, 0.2) is 5.16 Å². The second kappa shape index (κ2) is 7.95. The molecule has 1 aromatic heterocycles. The van der Waals surface area contributed by atoms with Crippen molar-refractivity contribution in [1.29, 1.82) is 0 Å². The quantitative estimate of drug-likeness (QED) is 0.624. The first-order valence-corrected chi connectivity index (χ1v) is 9.70. The molecule has 1 saturated heterocycles. The monoisotopic (exact) mass is 372 g/mol. The third kappa shape index (κ3) is 3.77. The second-order valence-corrected chi connectivity index (χ2v) is 7.88. The number of aromatic nitrogens is 2. The number of amides is 2. The van der Waals surface area contributed by atoms with Crippen LogP contribution in [0.3, 0.4) is 0 Å². The van der Waals surface area contributed by atoms with Crippen LogP contribution in [0.5, 0.6) is 0 Å². The highest BCUT2D eigenvalue weighted by molar-refractivity contribution is 8.00. The fourth-order valence-electron chi connectivity index (χ4n) is 3.32. The smallest absolute Gasteiger partial charge is 0.235 e. The topological polar surface area (TPSA) is 81.2 Å². The van der Waals surface area contributed by atoms with Crippen molar-refractivity contribution in [3.05, 3.63) is 36.9 Å². The summed E-state index contributed by atoms with van der Waals surface area (Å²) >= 11 is 1.44. The molecule has 2 unspecified atom stereocenters. The maximum absolute atomic E-state index is 12.9. The zero-order valence-electron chi connectivity index (χ0n) is 14.9. The van der Waals surface area contributed by atoms with Gasteiger partial charge in [0.1, 0.15) is 0 Å². The normalized spacial score (nSPS) is 18.7. The van der Waals surface area contributed by atoms with Gasteiger partial charge in [-0.15, -0.1) is 6.58 Å². The number of nitrogens with zero attached hydrogens (tertiary/aromatic N) is 3. The number of allylic oxidation sites excluding steroid dienone is 1. The summed E-state index contributed by atoms with van der Waals surface area (Å²) < 4.78 is 2.07. The number of carbonyl (C=O) groups excluding carboxylic acids is 2. The Morgan fingerprint density at radius 2 is 2.23 bits per heavy atom. The highest BCUT2D eigenvalue weighted by Gasteiger charge is 2.30. The first kappa shape index (κ1) is 18.5. The number of thioether (sulfide) groups is 1. The Balaban J connectivity index is 1.77. The Morgan fingerprint density at radius 1 is 1.46 bits per heavy atom. The zero-order chi connectivity index (χ0) is 18.7. The molecule has 0 saturated carbocycles. The summed E-state index contributed by atoms with van der Waals surface area (Å²) in [6.45, 7) is 7.44. The summed E-state index contributed by atoms with van der Waals surface area (Å²) in [6.07, 6.45) is 3.40. The number of imidazole rings is 1. The van der Waals surface area contributed by atoms with Crippen LogP contribution in [0.4, 0.5) is 0 Å². The Kier molecular flexibility index (Phi) is 5.66. The molecule has 1 aliphatic rings. The van der Waals surface area contributed by atoms with Crippen molar-refractivity contribution >= 4 is 34.6 Å². The van der Waals surface area contributed by atoms with Gasteiger partial charge in [-0.2, -0.15) is 0 Å². The van der Waals surface area contributed by atoms with Crippen molar-refractivity contribution in [2.45, 2.75) is 36.7 Å². The number of nitrogens with two attached hydrogens (primary N) is 1. The minimum absolute atomic E-state index is 0.0261. The zero-order valence-corrected chi connectivity index (χ0v) is 15.7. The van der Waals surface area contributed by atoms with Gasteiger partial charge in [-0.1, -0.05) is 30.0 Å². The number of para-hydroxylation sites is 2. The van der Waals surface area contributed by atoms with Crippen LogP contribution in [0.25, 0.3) is 11.0 Å². The van der Waals surface area contributed by atoms with E-state index in [0.717, 1.165) is 29.0 Å². The van der Waals surface area contributed by atoms with Crippen molar-refractivity contribution in [3.8, 4) is 0 Å². The number of piperidine rings is 1. The lowest BCUT2D eigenvalue weighted by molar-refractivity contribution is -0.134. The van der Waals surface area contributed by atoms with Crippen molar-refractivity contribution in [3.63, 3.8) is 0 Å². The van der Waals surface area contributed by atoms with Gasteiger partial charge in [0.2, 0.25) is 11.8 Å². The predicted octanol–water partition coefficient (Wildman–Crippen LogP) is 2.43. The lowest BCUT2D eigenvalue weighted by Gasteiger charge is -2.32. The molecule has 0 bridgehead atoms. The van der Waals surface area contributed by atoms with Gasteiger partial charge >= 0.3 is 0 Å². The van der Waals surface area contributed by atoms with Crippen LogP contribution < -0.4 is 5.73 Å². The molecule has 6 nitrogen and oxygen atoms in total. The van der Waals surface area contributed by atoms with Crippen molar-refractivity contribution in [1.82, 2.24) is 14.5 Å². The van der Waals surface area contributed by atoms with Crippen LogP contribution in [-0.2, 0) is 16.1 Å². The minimum Gasteiger partial charge on any atom is -0.369 e. The summed E-state index contributed by atoms with van der Waals surface area (Å²) in [5, 5.41) is 0.511. The maximum atomic E-state index is 12.9. The number of benzene rings is 1. The molecular formula is C19H24N4O2S. The summed E-state index contributed by atoms with van der Waals surface area (Å²) in [5.41, 5.74) is 7.36. The molecule has 2 heterocycles. The Hall–Kier alpha value is -2.28. The molecule has 26 heavy (non-hydrogen) atoms. The van der Waals surface area contributed by atoms with Crippen molar-refractivity contribution in [2.75, 3.05) is 13.1 Å². The van der Waals surface area contributed by atoms with E-state index < -0.39 is 0 Å². The van der Waals surface area contributed by atoms with E-state index in [4.69, 9.17) is 5.73 Å². The van der Waals surface area contributed by atoms with Crippen LogP contribution in [0.1, 0.15) is 19.8 Å². The molecular weight excluding hydrogens is 348 g/mol. The highest BCUT2D eigenvalue weighted by Crippen LogP contribution is 2.29. The summed E-state index contributed by atoms with van der Waals surface area (Å²) in [6, 6.07) is 7.91. The van der Waals surface area contributed by atoms with Crippen molar-refractivity contribution in [2.24, 2.45) is 11.7 Å².